The van der Waals surface area contributed by atoms with Crippen LogP contribution in [0.5, 0.6) is 0 Å². The third kappa shape index (κ3) is 5.46. The van der Waals surface area contributed by atoms with Crippen LogP contribution in [0.25, 0.3) is 0 Å². The summed E-state index contributed by atoms with van der Waals surface area (Å²) in [7, 11) is 0. The molecule has 1 aromatic carbocycles. The molecule has 1 amide bonds. The number of halogens is 2. The van der Waals surface area contributed by atoms with E-state index in [1.165, 1.54) is 6.92 Å². The van der Waals surface area contributed by atoms with Gasteiger partial charge in [-0.25, -0.2) is 8.78 Å². The number of carbonyl (C=O) groups excluding carboxylic acids is 1. The van der Waals surface area contributed by atoms with Gasteiger partial charge in [-0.2, -0.15) is 0 Å². The zero-order valence-corrected chi connectivity index (χ0v) is 10.5. The van der Waals surface area contributed by atoms with E-state index in [9.17, 15) is 18.4 Å². The van der Waals surface area contributed by atoms with Crippen LogP contribution in [0.3, 0.4) is 0 Å². The Kier molecular flexibility index (Phi) is 5.41. The molecule has 1 atom stereocenters. The van der Waals surface area contributed by atoms with Crippen molar-refractivity contribution in [3.8, 4) is 0 Å². The fourth-order valence-electron chi connectivity index (χ4n) is 1.78. The molecule has 1 aromatic rings. The number of carbonyl (C=O) groups is 2. The molecule has 1 rings (SSSR count). The lowest BCUT2D eigenvalue weighted by Crippen LogP contribution is -2.35. The molecule has 19 heavy (non-hydrogen) atoms. The van der Waals surface area contributed by atoms with Gasteiger partial charge in [-0.15, -0.1) is 0 Å². The van der Waals surface area contributed by atoms with Gasteiger partial charge in [0, 0.05) is 19.4 Å². The SMILES string of the molecule is CC(=O)NC(CCC(=O)O)Cc1cc(F)ccc1F. The highest BCUT2D eigenvalue weighted by Gasteiger charge is 2.15. The van der Waals surface area contributed by atoms with Gasteiger partial charge in [0.1, 0.15) is 11.6 Å². The Bertz CT molecular complexity index is 477. The van der Waals surface area contributed by atoms with Crippen molar-refractivity contribution >= 4 is 11.9 Å². The van der Waals surface area contributed by atoms with Crippen molar-refractivity contribution in [2.75, 3.05) is 0 Å². The molecule has 1 unspecified atom stereocenters. The summed E-state index contributed by atoms with van der Waals surface area (Å²) in [5, 5.41) is 11.2. The molecule has 104 valence electrons. The number of hydrogen-bond donors (Lipinski definition) is 2. The average molecular weight is 271 g/mol. The second kappa shape index (κ2) is 6.82. The van der Waals surface area contributed by atoms with E-state index in [1.54, 1.807) is 0 Å². The van der Waals surface area contributed by atoms with Crippen LogP contribution in [0.4, 0.5) is 8.78 Å². The maximum atomic E-state index is 13.5. The lowest BCUT2D eigenvalue weighted by atomic mass is 10.0. The molecule has 0 aliphatic rings. The largest absolute Gasteiger partial charge is 0.481 e. The van der Waals surface area contributed by atoms with Crippen LogP contribution in [0, 0.1) is 11.6 Å². The number of benzene rings is 1. The number of carboxylic acid groups (broad SMARTS) is 1. The lowest BCUT2D eigenvalue weighted by Gasteiger charge is -2.17. The van der Waals surface area contributed by atoms with E-state index in [4.69, 9.17) is 5.11 Å². The molecular formula is C13H15F2NO3. The first kappa shape index (κ1) is 15.1. The van der Waals surface area contributed by atoms with E-state index < -0.39 is 23.6 Å². The van der Waals surface area contributed by atoms with Gasteiger partial charge < -0.3 is 10.4 Å². The normalized spacial score (nSPS) is 11.9. The molecule has 0 radical (unpaired) electrons. The molecule has 0 bridgehead atoms. The summed E-state index contributed by atoms with van der Waals surface area (Å²) in [6, 6.07) is 2.52. The van der Waals surface area contributed by atoms with Gasteiger partial charge in [-0.3, -0.25) is 9.59 Å². The molecule has 0 saturated heterocycles. The van der Waals surface area contributed by atoms with Crippen LogP contribution >= 0.6 is 0 Å². The molecule has 0 aliphatic heterocycles. The number of amides is 1. The van der Waals surface area contributed by atoms with Gasteiger partial charge in [0.2, 0.25) is 5.91 Å². The number of carboxylic acids is 1. The fraction of sp³-hybridized carbons (Fsp3) is 0.385. The number of nitrogens with one attached hydrogen (secondary N) is 1. The smallest absolute Gasteiger partial charge is 0.303 e. The number of aliphatic carboxylic acids is 1. The van der Waals surface area contributed by atoms with Gasteiger partial charge in [0.05, 0.1) is 0 Å². The Morgan fingerprint density at radius 2 is 2.05 bits per heavy atom. The Morgan fingerprint density at radius 3 is 2.63 bits per heavy atom. The first-order valence-electron chi connectivity index (χ1n) is 5.81. The predicted octanol–water partition coefficient (Wildman–Crippen LogP) is 1.88. The topological polar surface area (TPSA) is 66.4 Å². The van der Waals surface area contributed by atoms with Crippen molar-refractivity contribution in [2.45, 2.75) is 32.2 Å². The molecule has 6 heteroatoms. The third-order valence-corrected chi connectivity index (χ3v) is 2.59. The van der Waals surface area contributed by atoms with Crippen LogP contribution in [0.15, 0.2) is 18.2 Å². The van der Waals surface area contributed by atoms with Crippen molar-refractivity contribution < 1.29 is 23.5 Å². The Hall–Kier alpha value is -1.98. The minimum Gasteiger partial charge on any atom is -0.481 e. The summed E-state index contributed by atoms with van der Waals surface area (Å²) >= 11 is 0. The third-order valence-electron chi connectivity index (χ3n) is 2.59. The highest BCUT2D eigenvalue weighted by molar-refractivity contribution is 5.73. The molecule has 0 heterocycles. The second-order valence-electron chi connectivity index (χ2n) is 4.27. The monoisotopic (exact) mass is 271 g/mol. The predicted molar refractivity (Wildman–Crippen MR) is 64.5 cm³/mol. The van der Waals surface area contributed by atoms with E-state index >= 15 is 0 Å². The lowest BCUT2D eigenvalue weighted by molar-refractivity contribution is -0.137. The van der Waals surface area contributed by atoms with Crippen LogP contribution < -0.4 is 5.32 Å². The maximum Gasteiger partial charge on any atom is 0.303 e. The minimum atomic E-state index is -1.00. The number of hydrogen-bond acceptors (Lipinski definition) is 2. The van der Waals surface area contributed by atoms with Gasteiger partial charge in [0.25, 0.3) is 0 Å². The summed E-state index contributed by atoms with van der Waals surface area (Å²) < 4.78 is 26.5. The number of rotatable bonds is 6. The first-order valence-corrected chi connectivity index (χ1v) is 5.81. The highest BCUT2D eigenvalue weighted by Crippen LogP contribution is 2.14. The van der Waals surface area contributed by atoms with Crippen molar-refractivity contribution in [1.82, 2.24) is 5.32 Å². The van der Waals surface area contributed by atoms with E-state index in [1.807, 2.05) is 0 Å². The highest BCUT2D eigenvalue weighted by atomic mass is 19.1. The van der Waals surface area contributed by atoms with E-state index in [0.29, 0.717) is 0 Å². The van der Waals surface area contributed by atoms with Crippen molar-refractivity contribution in [2.24, 2.45) is 0 Å². The summed E-state index contributed by atoms with van der Waals surface area (Å²) in [5.74, 6) is -2.49. The summed E-state index contributed by atoms with van der Waals surface area (Å²) in [6.07, 6.45) is 0.0587. The molecule has 2 N–H and O–H groups in total. The Balaban J connectivity index is 2.77. The second-order valence-corrected chi connectivity index (χ2v) is 4.27. The quantitative estimate of drug-likeness (QED) is 0.830. The van der Waals surface area contributed by atoms with Crippen LogP contribution in [-0.2, 0) is 16.0 Å². The van der Waals surface area contributed by atoms with E-state index in [0.717, 1.165) is 18.2 Å². The van der Waals surface area contributed by atoms with E-state index in [2.05, 4.69) is 5.32 Å². The average Bonchev–Trinajstić information content (AvgIpc) is 2.30. The summed E-state index contributed by atoms with van der Waals surface area (Å²) in [5.41, 5.74) is 0.115. The van der Waals surface area contributed by atoms with Crippen LogP contribution in [0.2, 0.25) is 0 Å². The zero-order valence-electron chi connectivity index (χ0n) is 10.5. The van der Waals surface area contributed by atoms with Gasteiger partial charge in [0.15, 0.2) is 0 Å². The van der Waals surface area contributed by atoms with E-state index in [-0.39, 0.29) is 30.7 Å². The fourth-order valence-corrected chi connectivity index (χ4v) is 1.78. The molecular weight excluding hydrogens is 256 g/mol. The zero-order chi connectivity index (χ0) is 14.4. The Labute approximate surface area is 109 Å². The van der Waals surface area contributed by atoms with Crippen molar-refractivity contribution in [3.63, 3.8) is 0 Å². The molecule has 0 aromatic heterocycles. The molecule has 0 spiro atoms. The van der Waals surface area contributed by atoms with Gasteiger partial charge >= 0.3 is 5.97 Å². The molecule has 0 aliphatic carbocycles. The summed E-state index contributed by atoms with van der Waals surface area (Å²) in [6.45, 7) is 1.29. The summed E-state index contributed by atoms with van der Waals surface area (Å²) in [4.78, 5) is 21.5. The van der Waals surface area contributed by atoms with Crippen molar-refractivity contribution in [1.29, 1.82) is 0 Å². The molecule has 0 saturated carbocycles. The first-order chi connectivity index (χ1) is 8.88. The Morgan fingerprint density at radius 1 is 1.37 bits per heavy atom. The van der Waals surface area contributed by atoms with Crippen molar-refractivity contribution in [3.05, 3.63) is 35.4 Å². The minimum absolute atomic E-state index is 0.0520. The van der Waals surface area contributed by atoms with Gasteiger partial charge in [-0.05, 0) is 36.6 Å². The van der Waals surface area contributed by atoms with Crippen LogP contribution in [0.1, 0.15) is 25.3 Å². The molecule has 4 nitrogen and oxygen atoms in total. The van der Waals surface area contributed by atoms with Gasteiger partial charge in [-0.1, -0.05) is 0 Å². The maximum absolute atomic E-state index is 13.5. The molecule has 0 fully saturated rings. The van der Waals surface area contributed by atoms with Crippen LogP contribution in [-0.4, -0.2) is 23.0 Å². The standard InChI is InChI=1S/C13H15F2NO3/c1-8(17)16-11(3-5-13(18)19)7-9-6-10(14)2-4-12(9)15/h2,4,6,11H,3,5,7H2,1H3,(H,16,17)(H,18,19).